The number of hydrogen-bond donors (Lipinski definition) is 1. The Morgan fingerprint density at radius 3 is 2.48 bits per heavy atom. The number of ether oxygens (including phenoxy) is 3. The van der Waals surface area contributed by atoms with Crippen LogP contribution in [0.15, 0.2) is 78.9 Å². The number of carbonyl (C=O) groups excluding carboxylic acids is 1. The molecule has 1 saturated heterocycles. The summed E-state index contributed by atoms with van der Waals surface area (Å²) >= 11 is 0. The number of rotatable bonds is 8. The van der Waals surface area contributed by atoms with Gasteiger partial charge in [0.2, 0.25) is 5.91 Å². The summed E-state index contributed by atoms with van der Waals surface area (Å²) in [4.78, 5) is 14.6. The second-order valence-electron chi connectivity index (χ2n) is 7.65. The molecule has 1 aliphatic rings. The first kappa shape index (κ1) is 22.4. The van der Waals surface area contributed by atoms with E-state index in [0.29, 0.717) is 18.1 Å². The maximum Gasteiger partial charge on any atom is 0.248 e. The van der Waals surface area contributed by atoms with Crippen molar-refractivity contribution in [2.45, 2.75) is 6.61 Å². The summed E-state index contributed by atoms with van der Waals surface area (Å²) in [6, 6.07) is 23.4. The lowest BCUT2D eigenvalue weighted by atomic mass is 10.2. The van der Waals surface area contributed by atoms with Crippen molar-refractivity contribution in [2.24, 2.45) is 0 Å². The van der Waals surface area contributed by atoms with Crippen molar-refractivity contribution in [2.75, 3.05) is 43.6 Å². The molecule has 0 aromatic heterocycles. The van der Waals surface area contributed by atoms with E-state index in [1.807, 2.05) is 72.8 Å². The average Bonchev–Trinajstić information content (AvgIpc) is 2.88. The molecule has 6 heteroatoms. The third kappa shape index (κ3) is 6.37. The monoisotopic (exact) mass is 444 g/mol. The van der Waals surface area contributed by atoms with E-state index in [4.69, 9.17) is 14.2 Å². The van der Waals surface area contributed by atoms with E-state index in [0.717, 1.165) is 48.8 Å². The molecular formula is C27H28N2O4. The summed E-state index contributed by atoms with van der Waals surface area (Å²) in [5.41, 5.74) is 3.81. The highest BCUT2D eigenvalue weighted by molar-refractivity contribution is 6.02. The Balaban J connectivity index is 1.33. The Morgan fingerprint density at radius 2 is 1.76 bits per heavy atom. The minimum atomic E-state index is -0.197. The molecule has 1 heterocycles. The molecule has 1 aliphatic heterocycles. The van der Waals surface area contributed by atoms with Crippen LogP contribution < -0.4 is 19.7 Å². The molecular weight excluding hydrogens is 416 g/mol. The molecule has 0 aliphatic carbocycles. The molecule has 0 unspecified atom stereocenters. The quantitative estimate of drug-likeness (QED) is 0.508. The van der Waals surface area contributed by atoms with Crippen molar-refractivity contribution in [3.05, 3.63) is 90.0 Å². The molecule has 3 aromatic rings. The second kappa shape index (κ2) is 11.2. The van der Waals surface area contributed by atoms with Crippen LogP contribution in [0.25, 0.3) is 6.08 Å². The lowest BCUT2D eigenvalue weighted by molar-refractivity contribution is -0.111. The van der Waals surface area contributed by atoms with Crippen molar-refractivity contribution >= 4 is 23.4 Å². The van der Waals surface area contributed by atoms with Crippen LogP contribution in [0.4, 0.5) is 11.4 Å². The number of hydrogen-bond acceptors (Lipinski definition) is 5. The van der Waals surface area contributed by atoms with E-state index < -0.39 is 0 Å². The summed E-state index contributed by atoms with van der Waals surface area (Å²) in [5.74, 6) is 1.08. The van der Waals surface area contributed by atoms with Crippen molar-refractivity contribution in [3.8, 4) is 11.5 Å². The number of amides is 1. The Morgan fingerprint density at radius 1 is 1.00 bits per heavy atom. The smallest absolute Gasteiger partial charge is 0.248 e. The van der Waals surface area contributed by atoms with E-state index in [1.54, 1.807) is 13.2 Å². The van der Waals surface area contributed by atoms with Gasteiger partial charge in [0.25, 0.3) is 0 Å². The first-order valence-corrected chi connectivity index (χ1v) is 11.0. The molecule has 1 fully saturated rings. The third-order valence-electron chi connectivity index (χ3n) is 5.36. The third-order valence-corrected chi connectivity index (χ3v) is 5.36. The number of nitrogens with zero attached hydrogens (tertiary/aromatic N) is 1. The fourth-order valence-corrected chi connectivity index (χ4v) is 3.58. The number of carbonyl (C=O) groups is 1. The molecule has 0 bridgehead atoms. The Kier molecular flexibility index (Phi) is 7.61. The summed E-state index contributed by atoms with van der Waals surface area (Å²) < 4.78 is 16.7. The number of nitrogens with one attached hydrogen (secondary N) is 1. The van der Waals surface area contributed by atoms with Crippen LogP contribution in [0, 0.1) is 0 Å². The summed E-state index contributed by atoms with van der Waals surface area (Å²) in [7, 11) is 1.60. The molecule has 4 rings (SSSR count). The summed E-state index contributed by atoms with van der Waals surface area (Å²) in [6.45, 7) is 3.71. The minimum absolute atomic E-state index is 0.197. The lowest BCUT2D eigenvalue weighted by Crippen LogP contribution is -2.36. The predicted molar refractivity (Wildman–Crippen MR) is 131 cm³/mol. The van der Waals surface area contributed by atoms with Gasteiger partial charge in [-0.1, -0.05) is 36.4 Å². The molecule has 0 spiro atoms. The molecule has 0 atom stereocenters. The summed E-state index contributed by atoms with van der Waals surface area (Å²) in [6.07, 6.45) is 3.26. The van der Waals surface area contributed by atoms with Crippen LogP contribution in [0.1, 0.15) is 11.1 Å². The van der Waals surface area contributed by atoms with E-state index in [-0.39, 0.29) is 5.91 Å². The van der Waals surface area contributed by atoms with Gasteiger partial charge in [-0.25, -0.2) is 0 Å². The predicted octanol–water partition coefficient (Wildman–Crippen LogP) is 4.76. The molecule has 0 radical (unpaired) electrons. The first-order chi connectivity index (χ1) is 16.2. The van der Waals surface area contributed by atoms with Gasteiger partial charge in [-0.15, -0.1) is 0 Å². The SMILES string of the molecule is COc1cc(/C=C/C(=O)Nc2ccc(N3CCOCC3)cc2)ccc1OCc1ccccc1. The molecule has 0 saturated carbocycles. The van der Waals surface area contributed by atoms with Gasteiger partial charge in [0, 0.05) is 30.5 Å². The van der Waals surface area contributed by atoms with Gasteiger partial charge in [-0.2, -0.15) is 0 Å². The molecule has 33 heavy (non-hydrogen) atoms. The van der Waals surface area contributed by atoms with Crippen LogP contribution in [0.3, 0.4) is 0 Å². The standard InChI is InChI=1S/C27H28N2O4/c1-31-26-19-21(7-13-25(26)33-20-22-5-3-2-4-6-22)8-14-27(30)28-23-9-11-24(12-10-23)29-15-17-32-18-16-29/h2-14,19H,15-18,20H2,1H3,(H,28,30)/b14-8+. The maximum absolute atomic E-state index is 12.4. The fraction of sp³-hybridized carbons (Fsp3) is 0.222. The van der Waals surface area contributed by atoms with E-state index >= 15 is 0 Å². The number of morpholine rings is 1. The van der Waals surface area contributed by atoms with Gasteiger partial charge >= 0.3 is 0 Å². The van der Waals surface area contributed by atoms with Gasteiger partial charge in [-0.05, 0) is 53.6 Å². The van der Waals surface area contributed by atoms with Gasteiger partial charge in [0.1, 0.15) is 6.61 Å². The highest BCUT2D eigenvalue weighted by atomic mass is 16.5. The van der Waals surface area contributed by atoms with Crippen molar-refractivity contribution in [3.63, 3.8) is 0 Å². The normalized spacial score (nSPS) is 13.7. The average molecular weight is 445 g/mol. The number of benzene rings is 3. The zero-order valence-corrected chi connectivity index (χ0v) is 18.7. The van der Waals surface area contributed by atoms with Gasteiger partial charge in [0.15, 0.2) is 11.5 Å². The zero-order valence-electron chi connectivity index (χ0n) is 18.7. The fourth-order valence-electron chi connectivity index (χ4n) is 3.58. The largest absolute Gasteiger partial charge is 0.493 e. The van der Waals surface area contributed by atoms with Crippen molar-refractivity contribution in [1.29, 1.82) is 0 Å². The molecule has 3 aromatic carbocycles. The summed E-state index contributed by atoms with van der Waals surface area (Å²) in [5, 5.41) is 2.90. The molecule has 170 valence electrons. The van der Waals surface area contributed by atoms with E-state index in [2.05, 4.69) is 10.2 Å². The van der Waals surface area contributed by atoms with Crippen LogP contribution in [-0.4, -0.2) is 39.3 Å². The van der Waals surface area contributed by atoms with Crippen LogP contribution in [0.5, 0.6) is 11.5 Å². The highest BCUT2D eigenvalue weighted by Crippen LogP contribution is 2.29. The van der Waals surface area contributed by atoms with E-state index in [1.165, 1.54) is 6.08 Å². The van der Waals surface area contributed by atoms with Crippen molar-refractivity contribution < 1.29 is 19.0 Å². The highest BCUT2D eigenvalue weighted by Gasteiger charge is 2.11. The first-order valence-electron chi connectivity index (χ1n) is 11.0. The zero-order chi connectivity index (χ0) is 22.9. The lowest BCUT2D eigenvalue weighted by Gasteiger charge is -2.28. The Hall–Kier alpha value is -3.77. The van der Waals surface area contributed by atoms with Crippen LogP contribution >= 0.6 is 0 Å². The van der Waals surface area contributed by atoms with Gasteiger partial charge in [-0.3, -0.25) is 4.79 Å². The van der Waals surface area contributed by atoms with Gasteiger partial charge in [0.05, 0.1) is 20.3 Å². The van der Waals surface area contributed by atoms with Gasteiger partial charge < -0.3 is 24.4 Å². The second-order valence-corrected chi connectivity index (χ2v) is 7.65. The Bertz CT molecular complexity index is 1080. The number of anilines is 2. The topological polar surface area (TPSA) is 60.0 Å². The van der Waals surface area contributed by atoms with E-state index in [9.17, 15) is 4.79 Å². The maximum atomic E-state index is 12.4. The molecule has 1 N–H and O–H groups in total. The Labute approximate surface area is 194 Å². The molecule has 6 nitrogen and oxygen atoms in total. The number of methoxy groups -OCH3 is 1. The van der Waals surface area contributed by atoms with Crippen molar-refractivity contribution in [1.82, 2.24) is 0 Å². The minimum Gasteiger partial charge on any atom is -0.493 e. The van der Waals surface area contributed by atoms with Crippen LogP contribution in [-0.2, 0) is 16.1 Å². The molecule has 1 amide bonds. The van der Waals surface area contributed by atoms with Crippen LogP contribution in [0.2, 0.25) is 0 Å².